The molecule has 0 spiro atoms. The van der Waals surface area contributed by atoms with Gasteiger partial charge in [-0.15, -0.1) is 0 Å². The highest BCUT2D eigenvalue weighted by molar-refractivity contribution is 5.90. The topological polar surface area (TPSA) is 98.9 Å². The molecule has 1 fully saturated rings. The monoisotopic (exact) mass is 580 g/mol. The summed E-state index contributed by atoms with van der Waals surface area (Å²) in [6, 6.07) is 14.8. The third kappa shape index (κ3) is 5.30. The molecule has 2 aliphatic heterocycles. The molecule has 0 radical (unpaired) electrons. The second kappa shape index (κ2) is 11.1. The second-order valence-electron chi connectivity index (χ2n) is 10.1. The number of para-hydroxylation sites is 1. The lowest BCUT2D eigenvalue weighted by Gasteiger charge is -2.40. The summed E-state index contributed by atoms with van der Waals surface area (Å²) in [5.74, 6) is -1.49. The zero-order valence-electron chi connectivity index (χ0n) is 22.6. The molecular weight excluding hydrogens is 553 g/mol. The van der Waals surface area contributed by atoms with E-state index in [0.29, 0.717) is 6.04 Å². The first kappa shape index (κ1) is 27.7. The van der Waals surface area contributed by atoms with E-state index in [9.17, 15) is 23.1 Å². The third-order valence-corrected chi connectivity index (χ3v) is 7.53. The second-order valence-corrected chi connectivity index (χ2v) is 10.1. The number of halogens is 3. The molecule has 0 unspecified atom stereocenters. The molecule has 2 aromatic heterocycles. The molecule has 1 saturated heterocycles. The number of carboxylic acids is 1. The summed E-state index contributed by atoms with van der Waals surface area (Å²) >= 11 is 0. The molecule has 2 aromatic carbocycles. The van der Waals surface area contributed by atoms with Gasteiger partial charge in [-0.05, 0) is 47.4 Å². The molecule has 4 aromatic rings. The van der Waals surface area contributed by atoms with E-state index in [1.807, 2.05) is 18.2 Å². The van der Waals surface area contributed by atoms with Gasteiger partial charge in [0.15, 0.2) is 5.82 Å². The molecule has 0 amide bonds. The Morgan fingerprint density at radius 2 is 1.93 bits per heavy atom. The van der Waals surface area contributed by atoms with Crippen molar-refractivity contribution in [1.82, 2.24) is 19.7 Å². The first-order chi connectivity index (χ1) is 20.2. The van der Waals surface area contributed by atoms with E-state index in [0.717, 1.165) is 50.6 Å². The molecule has 4 heterocycles. The van der Waals surface area contributed by atoms with Crippen LogP contribution in [0.4, 0.5) is 13.2 Å². The number of nitrogens with zero attached hydrogens (tertiary/aromatic N) is 4. The summed E-state index contributed by atoms with van der Waals surface area (Å²) in [4.78, 5) is 18.4. The maximum atomic E-state index is 14.2. The van der Waals surface area contributed by atoms with Crippen LogP contribution in [0.3, 0.4) is 0 Å². The number of methoxy groups -OCH3 is 1. The number of benzene rings is 2. The van der Waals surface area contributed by atoms with Crippen LogP contribution >= 0.6 is 0 Å². The summed E-state index contributed by atoms with van der Waals surface area (Å²) in [7, 11) is 1.29. The van der Waals surface area contributed by atoms with E-state index in [1.165, 1.54) is 35.1 Å². The minimum Gasteiger partial charge on any atom is -0.488 e. The van der Waals surface area contributed by atoms with E-state index in [2.05, 4.69) is 15.0 Å². The van der Waals surface area contributed by atoms with Crippen LogP contribution in [0, 0.1) is 0 Å². The first-order valence-electron chi connectivity index (χ1n) is 13.3. The highest BCUT2D eigenvalue weighted by Crippen LogP contribution is 2.42. The van der Waals surface area contributed by atoms with Crippen LogP contribution in [0.15, 0.2) is 60.8 Å². The highest BCUT2D eigenvalue weighted by Gasteiger charge is 2.36. The number of pyridine rings is 1. The minimum absolute atomic E-state index is 0.0655. The maximum absolute atomic E-state index is 14.2. The molecule has 9 nitrogen and oxygen atoms in total. The summed E-state index contributed by atoms with van der Waals surface area (Å²) in [6.07, 6.45) is -2.71. The zero-order valence-corrected chi connectivity index (χ0v) is 22.6. The average Bonchev–Trinajstić information content (AvgIpc) is 3.39. The van der Waals surface area contributed by atoms with Crippen LogP contribution in [-0.4, -0.2) is 63.7 Å². The molecular formula is C30H27F3N4O5. The molecule has 0 bridgehead atoms. The zero-order chi connectivity index (χ0) is 29.4. The Hall–Kier alpha value is -4.42. The normalized spacial score (nSPS) is 15.6. The lowest BCUT2D eigenvalue weighted by molar-refractivity contribution is -0.139. The van der Waals surface area contributed by atoms with E-state index < -0.39 is 17.7 Å². The number of carbonyl (C=O) groups is 1. The van der Waals surface area contributed by atoms with Crippen LogP contribution in [-0.2, 0) is 30.5 Å². The van der Waals surface area contributed by atoms with Crippen molar-refractivity contribution in [2.45, 2.75) is 31.8 Å². The lowest BCUT2D eigenvalue weighted by Crippen LogP contribution is -2.50. The van der Waals surface area contributed by atoms with Gasteiger partial charge >= 0.3 is 12.1 Å². The van der Waals surface area contributed by atoms with Crippen LogP contribution in [0.1, 0.15) is 32.6 Å². The van der Waals surface area contributed by atoms with Crippen molar-refractivity contribution in [2.24, 2.45) is 0 Å². The number of hydrogen-bond acceptors (Lipinski definition) is 7. The van der Waals surface area contributed by atoms with Crippen molar-refractivity contribution in [3.8, 4) is 28.7 Å². The maximum Gasteiger partial charge on any atom is 0.419 e. The standard InChI is InChI=1S/C30H27F3N4O5/c1-40-28-23(29(38)39)13-34-37(28)26-7-3-6-25(35-26)22-4-2-5-24(30(31,32)33)27(22)42-15-18-8-9-20-14-36(21-16-41-17-21)11-10-19(20)12-18/h2-9,12-13,21H,10-11,14-17H2,1H3,(H,38,39). The SMILES string of the molecule is COc1c(C(=O)O)cnn1-c1cccc(-c2cccc(C(F)(F)F)c2OCc2ccc3c(c2)CCN(C2COC2)C3)n1. The van der Waals surface area contributed by atoms with Crippen LogP contribution in [0.2, 0.25) is 0 Å². The van der Waals surface area contributed by atoms with Gasteiger partial charge < -0.3 is 19.3 Å². The summed E-state index contributed by atoms with van der Waals surface area (Å²) in [5.41, 5.74) is 2.35. The minimum atomic E-state index is -4.67. The Labute approximate surface area is 239 Å². The number of rotatable bonds is 8. The van der Waals surface area contributed by atoms with Crippen molar-refractivity contribution >= 4 is 5.97 Å². The van der Waals surface area contributed by atoms with E-state index in [4.69, 9.17) is 14.2 Å². The van der Waals surface area contributed by atoms with Gasteiger partial charge in [0.25, 0.3) is 0 Å². The predicted octanol–water partition coefficient (Wildman–Crippen LogP) is 5.00. The lowest BCUT2D eigenvalue weighted by atomic mass is 9.96. The smallest absolute Gasteiger partial charge is 0.419 e. The number of carboxylic acid groups (broad SMARTS) is 1. The molecule has 2 aliphatic rings. The van der Waals surface area contributed by atoms with Crippen molar-refractivity contribution in [3.05, 3.63) is 88.6 Å². The Kier molecular flexibility index (Phi) is 7.33. The van der Waals surface area contributed by atoms with E-state index >= 15 is 0 Å². The molecule has 6 rings (SSSR count). The summed E-state index contributed by atoms with van der Waals surface area (Å²) < 4.78 is 60.1. The number of aromatic carboxylic acids is 1. The van der Waals surface area contributed by atoms with Gasteiger partial charge in [0.05, 0.1) is 43.8 Å². The Balaban J connectivity index is 1.31. The number of hydrogen-bond donors (Lipinski definition) is 1. The molecule has 1 N–H and O–H groups in total. The van der Waals surface area contributed by atoms with E-state index in [1.54, 1.807) is 18.2 Å². The van der Waals surface area contributed by atoms with Gasteiger partial charge in [-0.2, -0.15) is 23.0 Å². The van der Waals surface area contributed by atoms with Gasteiger partial charge in [-0.1, -0.05) is 30.3 Å². The van der Waals surface area contributed by atoms with Crippen molar-refractivity contribution in [3.63, 3.8) is 0 Å². The predicted molar refractivity (Wildman–Crippen MR) is 145 cm³/mol. The van der Waals surface area contributed by atoms with Crippen molar-refractivity contribution < 1.29 is 37.3 Å². The van der Waals surface area contributed by atoms with Crippen LogP contribution in [0.5, 0.6) is 11.6 Å². The van der Waals surface area contributed by atoms with Gasteiger partial charge in [0.2, 0.25) is 5.88 Å². The molecule has 12 heteroatoms. The quantitative estimate of drug-likeness (QED) is 0.311. The van der Waals surface area contributed by atoms with Gasteiger partial charge in [0.1, 0.15) is 17.9 Å². The number of aromatic nitrogens is 3. The summed E-state index contributed by atoms with van der Waals surface area (Å²) in [5, 5.41) is 13.5. The summed E-state index contributed by atoms with van der Waals surface area (Å²) in [6.45, 7) is 3.16. The average molecular weight is 581 g/mol. The third-order valence-electron chi connectivity index (χ3n) is 7.53. The van der Waals surface area contributed by atoms with Gasteiger partial charge in [0, 0.05) is 18.7 Å². The molecule has 0 atom stereocenters. The van der Waals surface area contributed by atoms with Crippen LogP contribution in [0.25, 0.3) is 17.1 Å². The van der Waals surface area contributed by atoms with E-state index in [-0.39, 0.29) is 40.9 Å². The fraction of sp³-hybridized carbons (Fsp3) is 0.300. The number of fused-ring (bicyclic) bond motifs is 1. The molecule has 218 valence electrons. The van der Waals surface area contributed by atoms with Crippen LogP contribution < -0.4 is 9.47 Å². The fourth-order valence-corrected chi connectivity index (χ4v) is 5.27. The van der Waals surface area contributed by atoms with Gasteiger partial charge in [-0.25, -0.2) is 9.78 Å². The Morgan fingerprint density at radius 3 is 2.64 bits per heavy atom. The Morgan fingerprint density at radius 1 is 1.12 bits per heavy atom. The number of ether oxygens (including phenoxy) is 3. The number of alkyl halides is 3. The van der Waals surface area contributed by atoms with Crippen molar-refractivity contribution in [1.29, 1.82) is 0 Å². The highest BCUT2D eigenvalue weighted by atomic mass is 19.4. The molecule has 42 heavy (non-hydrogen) atoms. The largest absolute Gasteiger partial charge is 0.488 e. The first-order valence-corrected chi connectivity index (χ1v) is 13.3. The Bertz CT molecular complexity index is 1630. The molecule has 0 aliphatic carbocycles. The molecule has 0 saturated carbocycles. The van der Waals surface area contributed by atoms with Gasteiger partial charge in [-0.3, -0.25) is 4.90 Å². The fourth-order valence-electron chi connectivity index (χ4n) is 5.27. The van der Waals surface area contributed by atoms with Crippen molar-refractivity contribution in [2.75, 3.05) is 26.9 Å².